The van der Waals surface area contributed by atoms with Crippen molar-refractivity contribution < 1.29 is 15.0 Å². The van der Waals surface area contributed by atoms with Crippen LogP contribution in [-0.2, 0) is 4.79 Å². The summed E-state index contributed by atoms with van der Waals surface area (Å²) in [6, 6.07) is 16.0. The summed E-state index contributed by atoms with van der Waals surface area (Å²) in [5, 5.41) is 33.0. The summed E-state index contributed by atoms with van der Waals surface area (Å²) < 4.78 is 1.47. The van der Waals surface area contributed by atoms with Crippen molar-refractivity contribution in [1.29, 1.82) is 5.26 Å². The highest BCUT2D eigenvalue weighted by atomic mass is 16.3. The van der Waals surface area contributed by atoms with Gasteiger partial charge in [0.25, 0.3) is 5.91 Å². The van der Waals surface area contributed by atoms with E-state index in [0.717, 1.165) is 22.4 Å². The average Bonchev–Trinajstić information content (AvgIpc) is 3.37. The molecule has 0 radical (unpaired) electrons. The molecule has 4 heterocycles. The normalized spacial score (nSPS) is 15.1. The number of amides is 1. The number of aliphatic hydroxyl groups excluding tert-OH is 2. The molecule has 4 N–H and O–H groups in total. The third kappa shape index (κ3) is 4.15. The number of nitrogens with two attached hydrogens (primary N) is 1. The molecule has 1 aliphatic heterocycles. The summed E-state index contributed by atoms with van der Waals surface area (Å²) in [7, 11) is 0. The lowest BCUT2D eigenvalue weighted by Gasteiger charge is -2.33. The summed E-state index contributed by atoms with van der Waals surface area (Å²) in [6.07, 6.45) is 3.12. The molecule has 4 aromatic rings. The lowest BCUT2D eigenvalue weighted by molar-refractivity contribution is -0.143. The predicted molar refractivity (Wildman–Crippen MR) is 132 cm³/mol. The number of hydrogen-bond acceptors (Lipinski definition) is 8. The number of rotatable bonds is 5. The lowest BCUT2D eigenvalue weighted by Crippen LogP contribution is -2.44. The van der Waals surface area contributed by atoms with Gasteiger partial charge in [0, 0.05) is 41.9 Å². The van der Waals surface area contributed by atoms with Gasteiger partial charge in [-0.3, -0.25) is 9.78 Å². The number of fused-ring (bicyclic) bond motifs is 1. The molecule has 1 amide bonds. The Morgan fingerprint density at radius 3 is 2.53 bits per heavy atom. The van der Waals surface area contributed by atoms with E-state index < -0.39 is 18.6 Å². The number of nitrogen functional groups attached to an aromatic ring is 1. The third-order valence-corrected chi connectivity index (χ3v) is 6.62. The molecule has 10 nitrogen and oxygen atoms in total. The number of carbonyl (C=O) groups excluding carboxylic acids is 1. The van der Waals surface area contributed by atoms with Crippen LogP contribution in [0.4, 0.5) is 5.82 Å². The Morgan fingerprint density at radius 2 is 1.89 bits per heavy atom. The first kappa shape index (κ1) is 23.4. The molecule has 3 aromatic heterocycles. The fraction of sp³-hybridized carbons (Fsp3) is 0.269. The van der Waals surface area contributed by atoms with Crippen molar-refractivity contribution >= 4 is 17.4 Å². The van der Waals surface area contributed by atoms with Crippen molar-refractivity contribution in [3.8, 4) is 28.5 Å². The smallest absolute Gasteiger partial charge is 0.253 e. The molecule has 0 spiro atoms. The summed E-state index contributed by atoms with van der Waals surface area (Å²) in [5.74, 6) is -0.376. The van der Waals surface area contributed by atoms with Crippen LogP contribution in [-0.4, -0.2) is 66.4 Å². The van der Waals surface area contributed by atoms with Gasteiger partial charge in [-0.1, -0.05) is 36.4 Å². The van der Waals surface area contributed by atoms with E-state index in [0.29, 0.717) is 37.3 Å². The summed E-state index contributed by atoms with van der Waals surface area (Å²) in [5.41, 5.74) is 11.2. The van der Waals surface area contributed by atoms with Crippen LogP contribution in [0.3, 0.4) is 0 Å². The Kier molecular flexibility index (Phi) is 6.33. The Balaban J connectivity index is 1.47. The Labute approximate surface area is 207 Å². The highest BCUT2D eigenvalue weighted by Crippen LogP contribution is 2.34. The fourth-order valence-electron chi connectivity index (χ4n) is 4.64. The zero-order valence-corrected chi connectivity index (χ0v) is 19.4. The first-order valence-corrected chi connectivity index (χ1v) is 11.7. The van der Waals surface area contributed by atoms with Gasteiger partial charge in [-0.25, -0.2) is 4.98 Å². The topological polar surface area (TPSA) is 154 Å². The zero-order chi connectivity index (χ0) is 25.2. The number of anilines is 1. The molecule has 1 saturated heterocycles. The predicted octanol–water partition coefficient (Wildman–Crippen LogP) is 1.97. The number of benzene rings is 1. The Morgan fingerprint density at radius 1 is 1.14 bits per heavy atom. The zero-order valence-electron chi connectivity index (χ0n) is 19.4. The minimum Gasteiger partial charge on any atom is -0.393 e. The van der Waals surface area contributed by atoms with E-state index in [2.05, 4.69) is 16.2 Å². The first-order valence-electron chi connectivity index (χ1n) is 11.7. The van der Waals surface area contributed by atoms with Gasteiger partial charge < -0.3 is 20.8 Å². The maximum Gasteiger partial charge on any atom is 0.253 e. The van der Waals surface area contributed by atoms with Gasteiger partial charge in [-0.15, -0.1) is 0 Å². The maximum absolute atomic E-state index is 12.2. The van der Waals surface area contributed by atoms with Crippen LogP contribution < -0.4 is 5.73 Å². The first-order chi connectivity index (χ1) is 17.5. The molecule has 1 aliphatic rings. The molecule has 1 atom stereocenters. The fourth-order valence-corrected chi connectivity index (χ4v) is 4.64. The number of likely N-dealkylation sites (tertiary alicyclic amines) is 1. The van der Waals surface area contributed by atoms with E-state index >= 15 is 0 Å². The number of aliphatic hydroxyl groups is 2. The molecule has 5 rings (SSSR count). The van der Waals surface area contributed by atoms with Crippen molar-refractivity contribution in [3.05, 3.63) is 66.1 Å². The summed E-state index contributed by atoms with van der Waals surface area (Å²) in [6.45, 7) is 0.154. The molecule has 0 unspecified atom stereocenters. The molecule has 0 aliphatic carbocycles. The van der Waals surface area contributed by atoms with Crippen LogP contribution in [0.5, 0.6) is 0 Å². The van der Waals surface area contributed by atoms with Crippen molar-refractivity contribution in [1.82, 2.24) is 24.5 Å². The SMILES string of the molecule is N#Cc1c(C2CCN(C(=O)[C@H](O)CO)CC2)nc2c(-c3ccc(-c4ccccc4)nc3)cnn2c1N. The summed E-state index contributed by atoms with van der Waals surface area (Å²) in [4.78, 5) is 23.2. The number of nitrogens with zero attached hydrogens (tertiary/aromatic N) is 6. The molecule has 1 aromatic carbocycles. The lowest BCUT2D eigenvalue weighted by atomic mass is 9.90. The van der Waals surface area contributed by atoms with Gasteiger partial charge in [-0.2, -0.15) is 14.9 Å². The summed E-state index contributed by atoms with van der Waals surface area (Å²) >= 11 is 0. The number of hydrogen-bond donors (Lipinski definition) is 3. The molecular weight excluding hydrogens is 458 g/mol. The quantitative estimate of drug-likeness (QED) is 0.389. The van der Waals surface area contributed by atoms with Gasteiger partial charge in [0.15, 0.2) is 11.8 Å². The third-order valence-electron chi connectivity index (χ3n) is 6.62. The van der Waals surface area contributed by atoms with Gasteiger partial charge in [0.05, 0.1) is 24.2 Å². The Bertz CT molecular complexity index is 1440. The number of piperidine rings is 1. The monoisotopic (exact) mass is 483 g/mol. The van der Waals surface area contributed by atoms with E-state index in [1.165, 1.54) is 9.42 Å². The average molecular weight is 484 g/mol. The van der Waals surface area contributed by atoms with Crippen LogP contribution in [0.25, 0.3) is 28.0 Å². The number of nitriles is 1. The second-order valence-corrected chi connectivity index (χ2v) is 8.76. The number of pyridine rings is 1. The standard InChI is InChI=1S/C26H25N7O3/c27-12-19-23(17-8-10-32(11-9-17)26(36)22(35)15-34)31-25-20(14-30-33(25)24(19)28)18-6-7-21(29-13-18)16-4-2-1-3-5-16/h1-7,13-14,17,22,34-35H,8-11,15,28H2/t22-/m1/s1. The van der Waals surface area contributed by atoms with Gasteiger partial charge in [0.1, 0.15) is 17.5 Å². The van der Waals surface area contributed by atoms with Crippen molar-refractivity contribution in [2.24, 2.45) is 0 Å². The number of aromatic nitrogens is 4. The number of carbonyl (C=O) groups is 1. The van der Waals surface area contributed by atoms with Gasteiger partial charge >= 0.3 is 0 Å². The molecule has 182 valence electrons. The molecule has 36 heavy (non-hydrogen) atoms. The second kappa shape index (κ2) is 9.73. The highest BCUT2D eigenvalue weighted by Gasteiger charge is 2.30. The largest absolute Gasteiger partial charge is 0.393 e. The molecule has 0 bridgehead atoms. The molecule has 10 heteroatoms. The van der Waals surface area contributed by atoms with Crippen LogP contribution in [0.15, 0.2) is 54.9 Å². The second-order valence-electron chi connectivity index (χ2n) is 8.76. The van der Waals surface area contributed by atoms with Crippen LogP contribution in [0.1, 0.15) is 30.0 Å². The van der Waals surface area contributed by atoms with Gasteiger partial charge in [-0.05, 0) is 18.9 Å². The minimum atomic E-state index is -1.42. The van der Waals surface area contributed by atoms with Crippen molar-refractivity contribution in [3.63, 3.8) is 0 Å². The maximum atomic E-state index is 12.2. The van der Waals surface area contributed by atoms with Crippen LogP contribution in [0.2, 0.25) is 0 Å². The molecule has 0 saturated carbocycles. The highest BCUT2D eigenvalue weighted by molar-refractivity contribution is 5.81. The van der Waals surface area contributed by atoms with E-state index in [1.54, 1.807) is 12.4 Å². The molecule has 1 fully saturated rings. The van der Waals surface area contributed by atoms with E-state index in [1.807, 2.05) is 42.5 Å². The molecular formula is C26H25N7O3. The van der Waals surface area contributed by atoms with E-state index in [4.69, 9.17) is 15.8 Å². The van der Waals surface area contributed by atoms with Crippen molar-refractivity contribution in [2.45, 2.75) is 24.9 Å². The van der Waals surface area contributed by atoms with E-state index in [9.17, 15) is 15.2 Å². The minimum absolute atomic E-state index is 0.0939. The van der Waals surface area contributed by atoms with Crippen LogP contribution >= 0.6 is 0 Å². The van der Waals surface area contributed by atoms with E-state index in [-0.39, 0.29) is 17.3 Å². The Hall–Kier alpha value is -4.33. The van der Waals surface area contributed by atoms with Crippen molar-refractivity contribution in [2.75, 3.05) is 25.4 Å². The van der Waals surface area contributed by atoms with Gasteiger partial charge in [0.2, 0.25) is 0 Å². The van der Waals surface area contributed by atoms with Crippen LogP contribution in [0, 0.1) is 11.3 Å².